The Morgan fingerprint density at radius 1 is 1.14 bits per heavy atom. The van der Waals surface area contributed by atoms with Gasteiger partial charge in [0.1, 0.15) is 18.0 Å². The zero-order chi connectivity index (χ0) is 22.2. The Bertz CT molecular complexity index is 940. The summed E-state index contributed by atoms with van der Waals surface area (Å²) in [5, 5.41) is -0.492. The molecule has 1 aromatic rings. The molecule has 1 aliphatic heterocycles. The summed E-state index contributed by atoms with van der Waals surface area (Å²) in [6.45, 7) is -0.508. The number of amidine groups is 1. The Morgan fingerprint density at radius 3 is 2.31 bits per heavy atom. The van der Waals surface area contributed by atoms with Crippen molar-refractivity contribution in [2.24, 2.45) is 4.99 Å². The number of benzene rings is 1. The van der Waals surface area contributed by atoms with E-state index in [1.807, 2.05) is 0 Å². The number of aryl methyl sites for hydroxylation is 1. The average Bonchev–Trinajstić information content (AvgIpc) is 2.86. The van der Waals surface area contributed by atoms with Crippen molar-refractivity contribution in [3.05, 3.63) is 23.5 Å². The quantitative estimate of drug-likeness (QED) is 0.486. The summed E-state index contributed by atoms with van der Waals surface area (Å²) >= 11 is 0.595. The predicted octanol–water partition coefficient (Wildman–Crippen LogP) is 3.99. The van der Waals surface area contributed by atoms with Crippen LogP contribution >= 0.6 is 11.8 Å². The smallest absolute Gasteiger partial charge is 0.281 e. The molecular weight excluding hydrogens is 453 g/mol. The van der Waals surface area contributed by atoms with E-state index in [2.05, 4.69) is 4.99 Å². The SMILES string of the molecule is Cc1cc(F)c(N=C2SCC(=O)N2CC(F)(F)F)cc1S(=O)(=O)CCC(F)(F)F. The van der Waals surface area contributed by atoms with Crippen molar-refractivity contribution in [1.82, 2.24) is 4.90 Å². The number of sulfone groups is 1. The number of halogens is 7. The van der Waals surface area contributed by atoms with Crippen molar-refractivity contribution in [3.8, 4) is 0 Å². The summed E-state index contributed by atoms with van der Waals surface area (Å²) in [5.41, 5.74) is -0.888. The van der Waals surface area contributed by atoms with E-state index in [1.54, 1.807) is 0 Å². The van der Waals surface area contributed by atoms with E-state index in [-0.39, 0.29) is 16.2 Å². The highest BCUT2D eigenvalue weighted by atomic mass is 32.2. The van der Waals surface area contributed by atoms with Crippen LogP contribution in [0.15, 0.2) is 22.0 Å². The zero-order valence-electron chi connectivity index (χ0n) is 14.6. The largest absolute Gasteiger partial charge is 0.406 e. The van der Waals surface area contributed by atoms with Crippen molar-refractivity contribution < 1.29 is 43.9 Å². The molecule has 0 radical (unpaired) electrons. The molecule has 1 aromatic carbocycles. The van der Waals surface area contributed by atoms with Crippen LogP contribution in [0.5, 0.6) is 0 Å². The number of hydrogen-bond acceptors (Lipinski definition) is 5. The number of amides is 1. The van der Waals surface area contributed by atoms with Crippen molar-refractivity contribution in [3.63, 3.8) is 0 Å². The number of carbonyl (C=O) groups is 1. The normalized spacial score (nSPS) is 17.4. The predicted molar refractivity (Wildman–Crippen MR) is 91.2 cm³/mol. The molecule has 1 saturated heterocycles. The molecule has 0 atom stereocenters. The number of nitrogens with zero attached hydrogens (tertiary/aromatic N) is 2. The topological polar surface area (TPSA) is 66.8 Å². The Morgan fingerprint density at radius 2 is 1.76 bits per heavy atom. The van der Waals surface area contributed by atoms with Gasteiger partial charge in [-0.05, 0) is 24.6 Å². The number of alkyl halides is 6. The van der Waals surface area contributed by atoms with Crippen LogP contribution in [0.25, 0.3) is 0 Å². The van der Waals surface area contributed by atoms with Gasteiger partial charge in [-0.15, -0.1) is 0 Å². The molecule has 14 heteroatoms. The van der Waals surface area contributed by atoms with Gasteiger partial charge in [-0.25, -0.2) is 17.8 Å². The summed E-state index contributed by atoms with van der Waals surface area (Å²) in [4.78, 5) is 14.9. The Balaban J connectivity index is 2.43. The highest BCUT2D eigenvalue weighted by molar-refractivity contribution is 8.15. The van der Waals surface area contributed by atoms with Gasteiger partial charge in [0.2, 0.25) is 5.91 Å². The maximum atomic E-state index is 14.2. The fourth-order valence-corrected chi connectivity index (χ4v) is 4.80. The lowest BCUT2D eigenvalue weighted by molar-refractivity contribution is -0.150. The first-order valence-corrected chi connectivity index (χ1v) is 10.4. The molecule has 0 bridgehead atoms. The minimum absolute atomic E-state index is 0.184. The van der Waals surface area contributed by atoms with Crippen LogP contribution in [0, 0.1) is 12.7 Å². The maximum absolute atomic E-state index is 14.2. The molecule has 1 amide bonds. The van der Waals surface area contributed by atoms with Gasteiger partial charge in [-0.3, -0.25) is 9.69 Å². The Hall–Kier alpha value is -1.83. The number of rotatable bonds is 5. The van der Waals surface area contributed by atoms with Crippen molar-refractivity contribution in [2.75, 3.05) is 18.1 Å². The second-order valence-electron chi connectivity index (χ2n) is 6.03. The van der Waals surface area contributed by atoms with E-state index in [1.165, 1.54) is 0 Å². The molecule has 1 fully saturated rings. The zero-order valence-corrected chi connectivity index (χ0v) is 16.2. The number of thioether (sulfide) groups is 1. The number of carbonyl (C=O) groups excluding carboxylic acids is 1. The maximum Gasteiger partial charge on any atom is 0.406 e. The van der Waals surface area contributed by atoms with Crippen LogP contribution in [0.4, 0.5) is 36.4 Å². The van der Waals surface area contributed by atoms with Crippen LogP contribution in [-0.2, 0) is 14.6 Å². The van der Waals surface area contributed by atoms with Crippen LogP contribution in [0.2, 0.25) is 0 Å². The van der Waals surface area contributed by atoms with Gasteiger partial charge < -0.3 is 0 Å². The summed E-state index contributed by atoms with van der Waals surface area (Å²) in [5.74, 6) is -3.68. The molecule has 2 rings (SSSR count). The van der Waals surface area contributed by atoms with Crippen LogP contribution in [0.3, 0.4) is 0 Å². The lowest BCUT2D eigenvalue weighted by Gasteiger charge is -2.18. The summed E-state index contributed by atoms with van der Waals surface area (Å²) in [6, 6.07) is 1.36. The molecule has 29 heavy (non-hydrogen) atoms. The van der Waals surface area contributed by atoms with Crippen molar-refractivity contribution >= 4 is 38.4 Å². The third-order valence-corrected chi connectivity index (χ3v) is 6.46. The molecule has 162 valence electrons. The van der Waals surface area contributed by atoms with Gasteiger partial charge in [0.15, 0.2) is 15.0 Å². The second-order valence-corrected chi connectivity index (χ2v) is 9.05. The molecule has 0 N–H and O–H groups in total. The standard InChI is InChI=1S/C15H13F7N2O3S2/c1-8-4-9(16)10(5-11(8)29(26,27)3-2-14(17,18)19)23-13-24(7-15(20,21)22)12(25)6-28-13/h4-5H,2-3,6-7H2,1H3. The minimum atomic E-state index is -4.75. The van der Waals surface area contributed by atoms with E-state index in [0.717, 1.165) is 6.92 Å². The van der Waals surface area contributed by atoms with Gasteiger partial charge in [0.25, 0.3) is 0 Å². The fourth-order valence-electron chi connectivity index (χ4n) is 2.34. The molecule has 1 aliphatic rings. The fraction of sp³-hybridized carbons (Fsp3) is 0.467. The highest BCUT2D eigenvalue weighted by Gasteiger charge is 2.39. The van der Waals surface area contributed by atoms with E-state index in [9.17, 15) is 43.9 Å². The first kappa shape index (κ1) is 23.4. The molecule has 0 aromatic heterocycles. The van der Waals surface area contributed by atoms with Crippen LogP contribution in [-0.4, -0.2) is 54.8 Å². The van der Waals surface area contributed by atoms with Gasteiger partial charge in [-0.1, -0.05) is 11.8 Å². The Labute approximate surface area is 164 Å². The third kappa shape index (κ3) is 6.32. The second kappa shape index (κ2) is 8.13. The summed E-state index contributed by atoms with van der Waals surface area (Å²) < 4.78 is 114. The average molecular weight is 466 g/mol. The van der Waals surface area contributed by atoms with E-state index < -0.39 is 68.4 Å². The first-order chi connectivity index (χ1) is 13.1. The van der Waals surface area contributed by atoms with E-state index in [0.29, 0.717) is 23.9 Å². The summed E-state index contributed by atoms with van der Waals surface area (Å²) in [6.07, 6.45) is -11.1. The van der Waals surface area contributed by atoms with E-state index >= 15 is 0 Å². The molecule has 0 unspecified atom stereocenters. The third-order valence-electron chi connectivity index (χ3n) is 3.64. The molecule has 0 aliphatic carbocycles. The molecule has 1 heterocycles. The lowest BCUT2D eigenvalue weighted by Crippen LogP contribution is -2.38. The molecule has 5 nitrogen and oxygen atoms in total. The molecule has 0 saturated carbocycles. The van der Waals surface area contributed by atoms with Gasteiger partial charge >= 0.3 is 12.4 Å². The van der Waals surface area contributed by atoms with Gasteiger partial charge in [0, 0.05) is 0 Å². The van der Waals surface area contributed by atoms with Crippen molar-refractivity contribution in [2.45, 2.75) is 30.6 Å². The van der Waals surface area contributed by atoms with Gasteiger partial charge in [-0.2, -0.15) is 26.3 Å². The van der Waals surface area contributed by atoms with E-state index in [4.69, 9.17) is 0 Å². The monoisotopic (exact) mass is 466 g/mol. The number of hydrogen-bond donors (Lipinski definition) is 0. The minimum Gasteiger partial charge on any atom is -0.281 e. The van der Waals surface area contributed by atoms with Crippen LogP contribution < -0.4 is 0 Å². The Kier molecular flexibility index (Phi) is 6.57. The van der Waals surface area contributed by atoms with Gasteiger partial charge in [0.05, 0.1) is 22.8 Å². The highest BCUT2D eigenvalue weighted by Crippen LogP contribution is 2.32. The molecular formula is C15H13F7N2O3S2. The number of aliphatic imine (C=N–C) groups is 1. The first-order valence-electron chi connectivity index (χ1n) is 7.77. The molecule has 0 spiro atoms. The van der Waals surface area contributed by atoms with Crippen molar-refractivity contribution in [1.29, 1.82) is 0 Å². The summed E-state index contributed by atoms with van der Waals surface area (Å²) in [7, 11) is -4.47. The lowest BCUT2D eigenvalue weighted by atomic mass is 10.2. The van der Waals surface area contributed by atoms with Crippen LogP contribution in [0.1, 0.15) is 12.0 Å².